The maximum absolute atomic E-state index is 13.8. The molecule has 0 spiro atoms. The van der Waals surface area contributed by atoms with Gasteiger partial charge in [0.2, 0.25) is 0 Å². The van der Waals surface area contributed by atoms with Gasteiger partial charge < -0.3 is 24.4 Å². The number of methoxy groups -OCH3 is 2. The number of esters is 1. The first-order valence-corrected chi connectivity index (χ1v) is 9.02. The molecular weight excluding hydrogens is 371 g/mol. The van der Waals surface area contributed by atoms with E-state index in [0.29, 0.717) is 35.2 Å². The Balaban J connectivity index is 2.46. The summed E-state index contributed by atoms with van der Waals surface area (Å²) >= 11 is 5.51. The number of carbonyl (C=O) groups excluding carboxylic acids is 1. The van der Waals surface area contributed by atoms with Crippen LogP contribution in [0.4, 0.5) is 4.39 Å². The average molecular weight is 396 g/mol. The van der Waals surface area contributed by atoms with Gasteiger partial charge in [0.25, 0.3) is 0 Å². The second-order valence-electron chi connectivity index (χ2n) is 6.24. The summed E-state index contributed by atoms with van der Waals surface area (Å²) in [5, 5.41) is 3.59. The number of halogens is 1. The molecule has 0 saturated heterocycles. The van der Waals surface area contributed by atoms with Crippen molar-refractivity contribution in [3.8, 4) is 0 Å². The first-order chi connectivity index (χ1) is 12.9. The van der Waals surface area contributed by atoms with Crippen LogP contribution >= 0.6 is 12.2 Å². The molecular formula is C19H25FN2O4S. The predicted octanol–water partition coefficient (Wildman–Crippen LogP) is 2.56. The molecule has 0 aromatic heterocycles. The molecule has 0 bridgehead atoms. The Morgan fingerprint density at radius 1 is 1.33 bits per heavy atom. The van der Waals surface area contributed by atoms with E-state index in [1.807, 2.05) is 11.8 Å². The standard InChI is InChI=1S/C19H25FN2O4S/c1-12(11-25-4)22-13(2)16(18(23)26-9-8-24-3)17(21-19(22)27)14-6-5-7-15(20)10-14/h5-7,10,12,17H,8-9,11H2,1-4H3,(H,21,27)/t12-,17+/m1/s1. The number of allylic oxidation sites excluding steroid dienone is 1. The van der Waals surface area contributed by atoms with Crippen LogP contribution < -0.4 is 5.32 Å². The summed E-state index contributed by atoms with van der Waals surface area (Å²) in [7, 11) is 3.13. The van der Waals surface area contributed by atoms with Gasteiger partial charge in [0.05, 0.1) is 30.9 Å². The number of carbonyl (C=O) groups is 1. The fourth-order valence-corrected chi connectivity index (χ4v) is 3.53. The Hall–Kier alpha value is -2.03. The lowest BCUT2D eigenvalue weighted by molar-refractivity contribution is -0.140. The van der Waals surface area contributed by atoms with Gasteiger partial charge in [-0.1, -0.05) is 12.1 Å². The molecule has 1 aromatic carbocycles. The van der Waals surface area contributed by atoms with Crippen molar-refractivity contribution in [2.24, 2.45) is 0 Å². The summed E-state index contributed by atoms with van der Waals surface area (Å²) in [5.41, 5.74) is 1.63. The number of nitrogens with zero attached hydrogens (tertiary/aromatic N) is 1. The summed E-state index contributed by atoms with van der Waals surface area (Å²) < 4.78 is 29.3. The van der Waals surface area contributed by atoms with Gasteiger partial charge in [0.1, 0.15) is 12.4 Å². The van der Waals surface area contributed by atoms with E-state index in [2.05, 4.69) is 5.32 Å². The minimum absolute atomic E-state index is 0.0924. The highest BCUT2D eigenvalue weighted by atomic mass is 32.1. The molecule has 0 aliphatic carbocycles. The molecule has 148 valence electrons. The van der Waals surface area contributed by atoms with E-state index in [4.69, 9.17) is 26.4 Å². The van der Waals surface area contributed by atoms with Crippen LogP contribution in [0.1, 0.15) is 25.5 Å². The SMILES string of the molecule is COCCOC(=O)C1=C(C)N([C@H](C)COC)C(=S)N[C@H]1c1cccc(F)c1. The lowest BCUT2D eigenvalue weighted by Gasteiger charge is -2.40. The Labute approximate surface area is 164 Å². The second-order valence-corrected chi connectivity index (χ2v) is 6.63. The summed E-state index contributed by atoms with van der Waals surface area (Å²) in [4.78, 5) is 14.6. The van der Waals surface area contributed by atoms with Crippen molar-refractivity contribution in [2.75, 3.05) is 34.0 Å². The van der Waals surface area contributed by atoms with Crippen LogP contribution in [0, 0.1) is 5.82 Å². The van der Waals surface area contributed by atoms with E-state index >= 15 is 0 Å². The van der Waals surface area contributed by atoms with Crippen molar-refractivity contribution >= 4 is 23.3 Å². The molecule has 0 saturated carbocycles. The minimum atomic E-state index is -0.603. The van der Waals surface area contributed by atoms with Crippen LogP contribution in [0.3, 0.4) is 0 Å². The molecule has 0 amide bonds. The third kappa shape index (κ3) is 5.03. The summed E-state index contributed by atoms with van der Waals surface area (Å²) in [6, 6.07) is 5.38. The van der Waals surface area contributed by atoms with Crippen molar-refractivity contribution in [3.63, 3.8) is 0 Å². The van der Waals surface area contributed by atoms with Crippen molar-refractivity contribution in [3.05, 3.63) is 46.9 Å². The number of rotatable bonds is 8. The third-order valence-corrected chi connectivity index (χ3v) is 4.61. The second kappa shape index (κ2) is 9.77. The number of ether oxygens (including phenoxy) is 3. The van der Waals surface area contributed by atoms with Gasteiger partial charge in [-0.25, -0.2) is 9.18 Å². The molecule has 1 aromatic rings. The quantitative estimate of drug-likeness (QED) is 0.412. The normalized spacial score (nSPS) is 18.3. The number of hydrogen-bond acceptors (Lipinski definition) is 5. The topological polar surface area (TPSA) is 60.0 Å². The molecule has 8 heteroatoms. The van der Waals surface area contributed by atoms with Gasteiger partial charge in [0.15, 0.2) is 5.11 Å². The first-order valence-electron chi connectivity index (χ1n) is 8.61. The lowest BCUT2D eigenvalue weighted by Crippen LogP contribution is -2.52. The minimum Gasteiger partial charge on any atom is -0.460 e. The van der Waals surface area contributed by atoms with E-state index in [1.165, 1.54) is 19.2 Å². The Morgan fingerprint density at radius 3 is 2.70 bits per heavy atom. The largest absolute Gasteiger partial charge is 0.460 e. The van der Waals surface area contributed by atoms with Gasteiger partial charge in [0, 0.05) is 19.9 Å². The summed E-state index contributed by atoms with van der Waals surface area (Å²) in [6.45, 7) is 4.59. The molecule has 2 rings (SSSR count). The van der Waals surface area contributed by atoms with Crippen LogP contribution in [-0.4, -0.2) is 56.1 Å². The summed E-state index contributed by atoms with van der Waals surface area (Å²) in [5.74, 6) is -0.886. The molecule has 2 atom stereocenters. The monoisotopic (exact) mass is 396 g/mol. The number of nitrogens with one attached hydrogen (secondary N) is 1. The zero-order valence-electron chi connectivity index (χ0n) is 16.0. The number of benzene rings is 1. The number of thiocarbonyl (C=S) groups is 1. The molecule has 0 radical (unpaired) electrons. The van der Waals surface area contributed by atoms with Crippen LogP contribution in [0.5, 0.6) is 0 Å². The molecule has 6 nitrogen and oxygen atoms in total. The number of hydrogen-bond donors (Lipinski definition) is 1. The van der Waals surface area contributed by atoms with Gasteiger partial charge in [-0.05, 0) is 43.8 Å². The van der Waals surface area contributed by atoms with E-state index in [9.17, 15) is 9.18 Å². The van der Waals surface area contributed by atoms with Gasteiger partial charge in [-0.3, -0.25) is 0 Å². The first kappa shape index (κ1) is 21.3. The van der Waals surface area contributed by atoms with Crippen LogP contribution in [0.25, 0.3) is 0 Å². The summed E-state index contributed by atoms with van der Waals surface area (Å²) in [6.07, 6.45) is 0. The maximum Gasteiger partial charge on any atom is 0.338 e. The highest BCUT2D eigenvalue weighted by molar-refractivity contribution is 7.80. The molecule has 1 N–H and O–H groups in total. The molecule has 1 aliphatic heterocycles. The van der Waals surface area contributed by atoms with Gasteiger partial charge in [-0.2, -0.15) is 0 Å². The zero-order chi connectivity index (χ0) is 20.0. The van der Waals surface area contributed by atoms with Crippen molar-refractivity contribution in [1.29, 1.82) is 0 Å². The molecule has 1 heterocycles. The maximum atomic E-state index is 13.8. The Morgan fingerprint density at radius 2 is 2.07 bits per heavy atom. The fourth-order valence-electron chi connectivity index (χ4n) is 3.10. The highest BCUT2D eigenvalue weighted by Gasteiger charge is 2.36. The van der Waals surface area contributed by atoms with Crippen LogP contribution in [0.15, 0.2) is 35.5 Å². The molecule has 1 aliphatic rings. The van der Waals surface area contributed by atoms with Crippen LogP contribution in [-0.2, 0) is 19.0 Å². The average Bonchev–Trinajstić information content (AvgIpc) is 2.61. The Bertz CT molecular complexity index is 725. The van der Waals surface area contributed by atoms with Crippen molar-refractivity contribution < 1.29 is 23.4 Å². The van der Waals surface area contributed by atoms with Gasteiger partial charge in [-0.15, -0.1) is 0 Å². The molecule has 27 heavy (non-hydrogen) atoms. The van der Waals surface area contributed by atoms with Crippen molar-refractivity contribution in [2.45, 2.75) is 25.9 Å². The van der Waals surface area contributed by atoms with E-state index in [1.54, 1.807) is 26.2 Å². The fraction of sp³-hybridized carbons (Fsp3) is 0.474. The zero-order valence-corrected chi connectivity index (χ0v) is 16.8. The lowest BCUT2D eigenvalue weighted by atomic mass is 9.94. The van der Waals surface area contributed by atoms with Gasteiger partial charge >= 0.3 is 5.97 Å². The molecule has 0 unspecified atom stereocenters. The van der Waals surface area contributed by atoms with E-state index in [0.717, 1.165) is 0 Å². The van der Waals surface area contributed by atoms with E-state index < -0.39 is 12.0 Å². The van der Waals surface area contributed by atoms with Crippen molar-refractivity contribution in [1.82, 2.24) is 10.2 Å². The highest BCUT2D eigenvalue weighted by Crippen LogP contribution is 2.32. The van der Waals surface area contributed by atoms with E-state index in [-0.39, 0.29) is 18.5 Å². The molecule has 0 fully saturated rings. The van der Waals surface area contributed by atoms with Crippen LogP contribution in [0.2, 0.25) is 0 Å². The smallest absolute Gasteiger partial charge is 0.338 e. The predicted molar refractivity (Wildman–Crippen MR) is 104 cm³/mol. The Kier molecular flexibility index (Phi) is 7.70. The third-order valence-electron chi connectivity index (χ3n) is 4.30.